The molecule has 5 nitrogen and oxygen atoms in total. The molecule has 0 aliphatic heterocycles. The van der Waals surface area contributed by atoms with Crippen LogP contribution in [-0.4, -0.2) is 21.5 Å². The number of rotatable bonds is 1. The van der Waals surface area contributed by atoms with E-state index in [0.29, 0.717) is 11.7 Å². The number of methoxy groups -OCH3 is 1. The molecule has 5 heteroatoms. The molecule has 0 spiro atoms. The summed E-state index contributed by atoms with van der Waals surface area (Å²) in [6.07, 6.45) is 1.63. The lowest BCUT2D eigenvalue weighted by Gasteiger charge is -1.99. The molecule has 1 N–H and O–H groups in total. The zero-order valence-corrected chi connectivity index (χ0v) is 7.37. The third kappa shape index (κ3) is 1.09. The Kier molecular flexibility index (Phi) is 1.58. The average molecular weight is 179 g/mol. The average Bonchev–Trinajstić information content (AvgIpc) is 2.48. The quantitative estimate of drug-likeness (QED) is 0.686. The first kappa shape index (κ1) is 7.85. The van der Waals surface area contributed by atoms with Gasteiger partial charge < -0.3 is 4.74 Å². The number of imidazole rings is 1. The molecule has 13 heavy (non-hydrogen) atoms. The third-order valence-electron chi connectivity index (χ3n) is 1.90. The zero-order chi connectivity index (χ0) is 9.42. The molecule has 0 aliphatic rings. The van der Waals surface area contributed by atoms with E-state index in [1.807, 2.05) is 0 Å². The lowest BCUT2D eigenvalue weighted by molar-refractivity contribution is 0.395. The second kappa shape index (κ2) is 2.62. The van der Waals surface area contributed by atoms with Gasteiger partial charge in [0.25, 0.3) is 0 Å². The maximum Gasteiger partial charge on any atom is 0.334 e. The van der Waals surface area contributed by atoms with Crippen LogP contribution < -0.4 is 10.4 Å². The van der Waals surface area contributed by atoms with Crippen molar-refractivity contribution < 1.29 is 4.74 Å². The molecule has 0 amide bonds. The van der Waals surface area contributed by atoms with Crippen LogP contribution in [0.15, 0.2) is 17.1 Å². The van der Waals surface area contributed by atoms with Crippen molar-refractivity contribution in [3.8, 4) is 5.88 Å². The van der Waals surface area contributed by atoms with E-state index in [-0.39, 0.29) is 5.69 Å². The van der Waals surface area contributed by atoms with Gasteiger partial charge in [-0.05, 0) is 6.92 Å². The Balaban J connectivity index is 2.87. The van der Waals surface area contributed by atoms with Gasteiger partial charge in [0.05, 0.1) is 18.8 Å². The van der Waals surface area contributed by atoms with Gasteiger partial charge in [0.2, 0.25) is 0 Å². The summed E-state index contributed by atoms with van der Waals surface area (Å²) in [6.45, 7) is 1.77. The SMILES string of the molecule is COc1cc2cnc(C)n2c(=O)[nH]1. The molecule has 0 atom stereocenters. The number of aromatic amines is 1. The normalized spacial score (nSPS) is 10.6. The van der Waals surface area contributed by atoms with Crippen molar-refractivity contribution in [3.63, 3.8) is 0 Å². The van der Waals surface area contributed by atoms with Crippen LogP contribution in [0.3, 0.4) is 0 Å². The van der Waals surface area contributed by atoms with Gasteiger partial charge in [0, 0.05) is 6.07 Å². The van der Waals surface area contributed by atoms with Crippen molar-refractivity contribution in [2.45, 2.75) is 6.92 Å². The number of nitrogens with zero attached hydrogens (tertiary/aromatic N) is 2. The molecule has 2 aromatic heterocycles. The van der Waals surface area contributed by atoms with Crippen LogP contribution in [0.25, 0.3) is 5.52 Å². The van der Waals surface area contributed by atoms with Crippen LogP contribution in [0.1, 0.15) is 5.82 Å². The Bertz CT molecular complexity index is 498. The largest absolute Gasteiger partial charge is 0.482 e. The predicted molar refractivity (Wildman–Crippen MR) is 47.1 cm³/mol. The van der Waals surface area contributed by atoms with Gasteiger partial charge in [0.1, 0.15) is 5.82 Å². The highest BCUT2D eigenvalue weighted by Crippen LogP contribution is 2.08. The minimum absolute atomic E-state index is 0.232. The molecular formula is C8H9N3O2. The molecule has 0 aliphatic carbocycles. The van der Waals surface area contributed by atoms with Gasteiger partial charge in [0.15, 0.2) is 5.88 Å². The number of nitrogens with one attached hydrogen (secondary N) is 1. The van der Waals surface area contributed by atoms with E-state index >= 15 is 0 Å². The highest BCUT2D eigenvalue weighted by Gasteiger charge is 2.03. The first-order valence-electron chi connectivity index (χ1n) is 3.84. The van der Waals surface area contributed by atoms with Crippen molar-refractivity contribution >= 4 is 5.52 Å². The van der Waals surface area contributed by atoms with E-state index in [1.54, 1.807) is 19.2 Å². The van der Waals surface area contributed by atoms with E-state index in [4.69, 9.17) is 4.74 Å². The van der Waals surface area contributed by atoms with E-state index in [0.717, 1.165) is 5.52 Å². The molecule has 0 unspecified atom stereocenters. The Labute approximate surface area is 74.0 Å². The molecular weight excluding hydrogens is 170 g/mol. The van der Waals surface area contributed by atoms with Crippen LogP contribution in [0.5, 0.6) is 5.88 Å². The van der Waals surface area contributed by atoms with Gasteiger partial charge in [-0.2, -0.15) is 0 Å². The molecule has 0 bridgehead atoms. The summed E-state index contributed by atoms with van der Waals surface area (Å²) in [5.74, 6) is 1.11. The Morgan fingerprint density at radius 2 is 2.38 bits per heavy atom. The fraction of sp³-hybridized carbons (Fsp3) is 0.250. The molecule has 0 saturated heterocycles. The smallest absolute Gasteiger partial charge is 0.334 e. The fourth-order valence-corrected chi connectivity index (χ4v) is 1.27. The van der Waals surface area contributed by atoms with E-state index < -0.39 is 0 Å². The highest BCUT2D eigenvalue weighted by atomic mass is 16.5. The topological polar surface area (TPSA) is 59.4 Å². The monoisotopic (exact) mass is 179 g/mol. The van der Waals surface area contributed by atoms with Crippen LogP contribution in [0.4, 0.5) is 0 Å². The number of H-pyrrole nitrogens is 1. The molecule has 68 valence electrons. The van der Waals surface area contributed by atoms with E-state index in [2.05, 4.69) is 9.97 Å². The van der Waals surface area contributed by atoms with Crippen molar-refractivity contribution in [2.75, 3.05) is 7.11 Å². The van der Waals surface area contributed by atoms with Crippen molar-refractivity contribution in [2.24, 2.45) is 0 Å². The summed E-state index contributed by atoms with van der Waals surface area (Å²) in [7, 11) is 1.50. The summed E-state index contributed by atoms with van der Waals surface area (Å²) in [5.41, 5.74) is 0.502. The van der Waals surface area contributed by atoms with Crippen molar-refractivity contribution in [3.05, 3.63) is 28.6 Å². The first-order chi connectivity index (χ1) is 6.22. The lowest BCUT2D eigenvalue weighted by Crippen LogP contribution is -2.17. The molecule has 2 rings (SSSR count). The van der Waals surface area contributed by atoms with Gasteiger partial charge in [-0.1, -0.05) is 0 Å². The minimum atomic E-state index is -0.232. The standard InChI is InChI=1S/C8H9N3O2/c1-5-9-4-6-3-7(13-2)10-8(12)11(5)6/h3-4H,1-2H3,(H,10,12). The Morgan fingerprint density at radius 1 is 1.62 bits per heavy atom. The molecule has 0 saturated carbocycles. The number of aryl methyl sites for hydroxylation is 1. The Morgan fingerprint density at radius 3 is 3.08 bits per heavy atom. The second-order valence-electron chi connectivity index (χ2n) is 2.71. The zero-order valence-electron chi connectivity index (χ0n) is 7.37. The minimum Gasteiger partial charge on any atom is -0.482 e. The van der Waals surface area contributed by atoms with Gasteiger partial charge in [-0.25, -0.2) is 14.2 Å². The second-order valence-corrected chi connectivity index (χ2v) is 2.71. The summed E-state index contributed by atoms with van der Waals surface area (Å²) in [4.78, 5) is 18.0. The fourth-order valence-electron chi connectivity index (χ4n) is 1.27. The molecule has 0 fully saturated rings. The molecule has 2 heterocycles. The van der Waals surface area contributed by atoms with E-state index in [9.17, 15) is 4.79 Å². The lowest BCUT2D eigenvalue weighted by atomic mass is 10.5. The molecule has 0 aromatic carbocycles. The summed E-state index contributed by atoms with van der Waals surface area (Å²) >= 11 is 0. The number of fused-ring (bicyclic) bond motifs is 1. The molecule has 0 radical (unpaired) electrons. The number of aromatic nitrogens is 3. The number of hydrogen-bond donors (Lipinski definition) is 1. The van der Waals surface area contributed by atoms with Crippen LogP contribution >= 0.6 is 0 Å². The van der Waals surface area contributed by atoms with Gasteiger partial charge in [-0.3, -0.25) is 4.98 Å². The number of ether oxygens (including phenoxy) is 1. The molecule has 2 aromatic rings. The maximum absolute atomic E-state index is 11.4. The van der Waals surface area contributed by atoms with Crippen LogP contribution in [0, 0.1) is 6.92 Å². The van der Waals surface area contributed by atoms with Crippen molar-refractivity contribution in [1.29, 1.82) is 0 Å². The van der Waals surface area contributed by atoms with Gasteiger partial charge in [-0.15, -0.1) is 0 Å². The highest BCUT2D eigenvalue weighted by molar-refractivity contribution is 5.47. The Hall–Kier alpha value is -1.78. The summed E-state index contributed by atoms with van der Waals surface area (Å²) in [6, 6.07) is 1.72. The maximum atomic E-state index is 11.4. The van der Waals surface area contributed by atoms with Crippen molar-refractivity contribution in [1.82, 2.24) is 14.4 Å². The van der Waals surface area contributed by atoms with Crippen LogP contribution in [-0.2, 0) is 0 Å². The first-order valence-corrected chi connectivity index (χ1v) is 3.84. The summed E-state index contributed by atoms with van der Waals surface area (Å²) < 4.78 is 6.40. The predicted octanol–water partition coefficient (Wildman–Crippen LogP) is 0.340. The summed E-state index contributed by atoms with van der Waals surface area (Å²) in [5, 5.41) is 0. The third-order valence-corrected chi connectivity index (χ3v) is 1.90. The van der Waals surface area contributed by atoms with Gasteiger partial charge >= 0.3 is 5.69 Å². The number of hydrogen-bond acceptors (Lipinski definition) is 3. The van der Waals surface area contributed by atoms with E-state index in [1.165, 1.54) is 11.5 Å². The van der Waals surface area contributed by atoms with Crippen LogP contribution in [0.2, 0.25) is 0 Å².